The zero-order valence-corrected chi connectivity index (χ0v) is 16.9. The topological polar surface area (TPSA) is 73.9 Å². The van der Waals surface area contributed by atoms with E-state index in [9.17, 15) is 5.26 Å². The molecular formula is C23H23N7. The number of benzene rings is 1. The summed E-state index contributed by atoms with van der Waals surface area (Å²) in [4.78, 5) is 14.0. The number of nitrogens with zero attached hydrogens (tertiary/aromatic N) is 7. The van der Waals surface area contributed by atoms with Crippen molar-refractivity contribution in [3.05, 3.63) is 54.0 Å². The van der Waals surface area contributed by atoms with Crippen molar-refractivity contribution in [1.29, 1.82) is 5.26 Å². The largest absolute Gasteiger partial charge is 0.365 e. The number of hydrogen-bond donors (Lipinski definition) is 0. The van der Waals surface area contributed by atoms with Crippen molar-refractivity contribution in [3.8, 4) is 17.5 Å². The van der Waals surface area contributed by atoms with Gasteiger partial charge in [0.1, 0.15) is 11.6 Å². The number of aryl methyl sites for hydroxylation is 1. The Bertz CT molecular complexity index is 1160. The average Bonchev–Trinajstić information content (AvgIpc) is 3.22. The van der Waals surface area contributed by atoms with Crippen LogP contribution < -0.4 is 9.80 Å². The molecule has 30 heavy (non-hydrogen) atoms. The van der Waals surface area contributed by atoms with Crippen molar-refractivity contribution in [2.45, 2.75) is 37.3 Å². The molecule has 0 unspecified atom stereocenters. The molecule has 1 saturated carbocycles. The summed E-state index contributed by atoms with van der Waals surface area (Å²) in [7, 11) is 1.88. The second-order valence-corrected chi connectivity index (χ2v) is 8.66. The molecule has 6 rings (SSSR count). The molecule has 0 N–H and O–H groups in total. The summed E-state index contributed by atoms with van der Waals surface area (Å²) in [5.41, 5.74) is 4.23. The van der Waals surface area contributed by atoms with Crippen LogP contribution in [0.4, 0.5) is 11.5 Å². The number of nitriles is 1. The van der Waals surface area contributed by atoms with Gasteiger partial charge in [0.05, 0.1) is 24.0 Å². The minimum Gasteiger partial charge on any atom is -0.365 e. The Balaban J connectivity index is 1.28. The maximum atomic E-state index is 9.65. The molecule has 3 aliphatic rings. The molecule has 2 aromatic heterocycles. The van der Waals surface area contributed by atoms with Gasteiger partial charge in [-0.1, -0.05) is 12.1 Å². The molecule has 2 aliphatic heterocycles. The third kappa shape index (κ3) is 2.83. The molecule has 2 saturated heterocycles. The molecule has 7 heteroatoms. The average molecular weight is 397 g/mol. The van der Waals surface area contributed by atoms with E-state index in [0.717, 1.165) is 36.8 Å². The van der Waals surface area contributed by atoms with Crippen LogP contribution in [-0.2, 0) is 7.05 Å². The van der Waals surface area contributed by atoms with Crippen LogP contribution >= 0.6 is 0 Å². The summed E-state index contributed by atoms with van der Waals surface area (Å²) in [6.45, 7) is 1.85. The summed E-state index contributed by atoms with van der Waals surface area (Å²) >= 11 is 0. The summed E-state index contributed by atoms with van der Waals surface area (Å²) in [5.74, 6) is 2.14. The standard InChI is InChI=1S/C23H23N7/c1-28-12-18(11-26-28)22-25-10-17(9-24)23(27-22)30-14-20-8-21(30)13-29(20)19-4-2-3-16(7-19)15-5-6-15/h2-4,7,10-12,15,20-21H,5-6,8,13-14H2,1H3/t20-,21+/m1/s1. The molecular weight excluding hydrogens is 374 g/mol. The first-order valence-corrected chi connectivity index (χ1v) is 10.6. The highest BCUT2D eigenvalue weighted by atomic mass is 15.4. The number of rotatable bonds is 4. The second-order valence-electron chi connectivity index (χ2n) is 8.66. The fraction of sp³-hybridized carbons (Fsp3) is 0.391. The Morgan fingerprint density at radius 1 is 1.10 bits per heavy atom. The van der Waals surface area contributed by atoms with E-state index in [2.05, 4.69) is 50.2 Å². The Kier molecular flexibility index (Phi) is 3.82. The van der Waals surface area contributed by atoms with Crippen LogP contribution in [0.1, 0.15) is 36.3 Å². The molecule has 3 aromatic rings. The lowest BCUT2D eigenvalue weighted by Crippen LogP contribution is -2.47. The Hall–Kier alpha value is -3.40. The molecule has 1 aliphatic carbocycles. The number of piperazine rings is 1. The lowest BCUT2D eigenvalue weighted by molar-refractivity contribution is 0.640. The van der Waals surface area contributed by atoms with Crippen molar-refractivity contribution in [3.63, 3.8) is 0 Å². The normalized spacial score (nSPS) is 22.5. The predicted molar refractivity (Wildman–Crippen MR) is 114 cm³/mol. The predicted octanol–water partition coefficient (Wildman–Crippen LogP) is 3.09. The van der Waals surface area contributed by atoms with Gasteiger partial charge in [-0.3, -0.25) is 4.68 Å². The van der Waals surface area contributed by atoms with Crippen molar-refractivity contribution in [2.24, 2.45) is 7.05 Å². The van der Waals surface area contributed by atoms with Crippen LogP contribution in [0.5, 0.6) is 0 Å². The van der Waals surface area contributed by atoms with Gasteiger partial charge in [-0.25, -0.2) is 9.97 Å². The van der Waals surface area contributed by atoms with Crippen LogP contribution in [0, 0.1) is 11.3 Å². The molecule has 0 spiro atoms. The fourth-order valence-electron chi connectivity index (χ4n) is 4.96. The van der Waals surface area contributed by atoms with Crippen LogP contribution in [0.25, 0.3) is 11.4 Å². The minimum atomic E-state index is 0.364. The van der Waals surface area contributed by atoms with Gasteiger partial charge in [-0.15, -0.1) is 0 Å². The van der Waals surface area contributed by atoms with Crippen molar-refractivity contribution >= 4 is 11.5 Å². The van der Waals surface area contributed by atoms with Gasteiger partial charge in [0.25, 0.3) is 0 Å². The lowest BCUT2D eigenvalue weighted by atomic mass is 10.1. The molecule has 150 valence electrons. The third-order valence-corrected chi connectivity index (χ3v) is 6.62. The van der Waals surface area contributed by atoms with Crippen molar-refractivity contribution in [2.75, 3.05) is 22.9 Å². The summed E-state index contributed by atoms with van der Waals surface area (Å²) < 4.78 is 1.74. The summed E-state index contributed by atoms with van der Waals surface area (Å²) in [6, 6.07) is 12.2. The zero-order valence-electron chi connectivity index (χ0n) is 16.9. The summed E-state index contributed by atoms with van der Waals surface area (Å²) in [6.07, 6.45) is 9.06. The number of hydrogen-bond acceptors (Lipinski definition) is 6. The van der Waals surface area contributed by atoms with Crippen LogP contribution in [0.15, 0.2) is 42.9 Å². The van der Waals surface area contributed by atoms with Crippen LogP contribution in [-0.4, -0.2) is 44.9 Å². The monoisotopic (exact) mass is 397 g/mol. The van der Waals surface area contributed by atoms with Gasteiger partial charge in [0.2, 0.25) is 0 Å². The van der Waals surface area contributed by atoms with Gasteiger partial charge in [0.15, 0.2) is 11.6 Å². The molecule has 2 atom stereocenters. The Morgan fingerprint density at radius 3 is 2.63 bits per heavy atom. The molecule has 4 heterocycles. The maximum Gasteiger partial charge on any atom is 0.164 e. The van der Waals surface area contributed by atoms with E-state index in [1.54, 1.807) is 17.1 Å². The van der Waals surface area contributed by atoms with Gasteiger partial charge in [-0.05, 0) is 42.9 Å². The minimum absolute atomic E-state index is 0.364. The van der Waals surface area contributed by atoms with Crippen LogP contribution in [0.2, 0.25) is 0 Å². The Morgan fingerprint density at radius 2 is 1.93 bits per heavy atom. The molecule has 0 amide bonds. The molecule has 7 nitrogen and oxygen atoms in total. The smallest absolute Gasteiger partial charge is 0.164 e. The first kappa shape index (κ1) is 17.5. The van der Waals surface area contributed by atoms with Crippen molar-refractivity contribution < 1.29 is 0 Å². The summed E-state index contributed by atoms with van der Waals surface area (Å²) in [5, 5.41) is 13.9. The molecule has 0 radical (unpaired) electrons. The first-order chi connectivity index (χ1) is 14.7. The van der Waals surface area contributed by atoms with E-state index < -0.39 is 0 Å². The molecule has 3 fully saturated rings. The van der Waals surface area contributed by atoms with Gasteiger partial charge >= 0.3 is 0 Å². The first-order valence-electron chi connectivity index (χ1n) is 10.6. The van der Waals surface area contributed by atoms with E-state index in [0.29, 0.717) is 23.5 Å². The quantitative estimate of drug-likeness (QED) is 0.674. The Labute approximate surface area is 175 Å². The maximum absolute atomic E-state index is 9.65. The fourth-order valence-corrected chi connectivity index (χ4v) is 4.96. The van der Waals surface area contributed by atoms with E-state index in [4.69, 9.17) is 4.98 Å². The van der Waals surface area contributed by atoms with E-state index in [-0.39, 0.29) is 0 Å². The number of anilines is 2. The van der Waals surface area contributed by atoms with Gasteiger partial charge in [-0.2, -0.15) is 10.4 Å². The second kappa shape index (κ2) is 6.56. The zero-order chi connectivity index (χ0) is 20.2. The van der Waals surface area contributed by atoms with Gasteiger partial charge < -0.3 is 9.80 Å². The number of aromatic nitrogens is 4. The highest BCUT2D eigenvalue weighted by Crippen LogP contribution is 2.43. The molecule has 1 aromatic carbocycles. The van der Waals surface area contributed by atoms with E-state index in [1.165, 1.54) is 24.1 Å². The van der Waals surface area contributed by atoms with Gasteiger partial charge in [0, 0.05) is 38.1 Å². The van der Waals surface area contributed by atoms with Crippen molar-refractivity contribution in [1.82, 2.24) is 19.7 Å². The molecule has 2 bridgehead atoms. The number of fused-ring (bicyclic) bond motifs is 2. The van der Waals surface area contributed by atoms with E-state index in [1.807, 2.05) is 13.2 Å². The SMILES string of the molecule is Cn1cc(-c2ncc(C#N)c(N3C[C@H]4C[C@H]3CN4c3cccc(C4CC4)c3)n2)cn1. The van der Waals surface area contributed by atoms with E-state index >= 15 is 0 Å². The highest BCUT2D eigenvalue weighted by Gasteiger charge is 2.44. The lowest BCUT2D eigenvalue weighted by Gasteiger charge is -2.36. The van der Waals surface area contributed by atoms with Crippen LogP contribution in [0.3, 0.4) is 0 Å². The third-order valence-electron chi connectivity index (χ3n) is 6.62. The highest BCUT2D eigenvalue weighted by molar-refractivity contribution is 5.63.